The van der Waals surface area contributed by atoms with E-state index in [9.17, 15) is 14.7 Å². The van der Waals surface area contributed by atoms with Crippen molar-refractivity contribution < 1.29 is 28.9 Å². The van der Waals surface area contributed by atoms with Crippen LogP contribution in [0.15, 0.2) is 42.6 Å². The van der Waals surface area contributed by atoms with Gasteiger partial charge < -0.3 is 24.6 Å². The first-order valence-electron chi connectivity index (χ1n) is 12.3. The van der Waals surface area contributed by atoms with Crippen LogP contribution in [0.1, 0.15) is 55.1 Å². The maximum atomic E-state index is 13.1. The molecule has 1 saturated heterocycles. The average molecular weight is 483 g/mol. The van der Waals surface area contributed by atoms with Crippen molar-refractivity contribution in [3.63, 3.8) is 0 Å². The number of cyclic esters (lactones) is 1. The van der Waals surface area contributed by atoms with Gasteiger partial charge in [0, 0.05) is 18.9 Å². The Morgan fingerprint density at radius 3 is 2.66 bits per heavy atom. The van der Waals surface area contributed by atoms with Crippen LogP contribution in [0.25, 0.3) is 0 Å². The van der Waals surface area contributed by atoms with Gasteiger partial charge in [0.05, 0.1) is 13.2 Å². The van der Waals surface area contributed by atoms with Gasteiger partial charge in [-0.05, 0) is 56.4 Å². The second kappa shape index (κ2) is 11.5. The minimum absolute atomic E-state index is 0.134. The lowest BCUT2D eigenvalue weighted by molar-refractivity contribution is -0.161. The first kappa shape index (κ1) is 25.0. The van der Waals surface area contributed by atoms with Crippen LogP contribution in [0, 0.1) is 11.8 Å². The first-order chi connectivity index (χ1) is 17.0. The number of rotatable bonds is 8. The lowest BCUT2D eigenvalue weighted by atomic mass is 9.87. The van der Waals surface area contributed by atoms with Crippen molar-refractivity contribution in [3.8, 4) is 11.5 Å². The van der Waals surface area contributed by atoms with Crippen LogP contribution in [0.3, 0.4) is 0 Å². The molecule has 1 aromatic carbocycles. The molecule has 0 bridgehead atoms. The normalized spacial score (nSPS) is 25.0. The predicted molar refractivity (Wildman–Crippen MR) is 129 cm³/mol. The summed E-state index contributed by atoms with van der Waals surface area (Å²) in [5.74, 6) is -0.620. The number of carbonyl (C=O) groups is 2. The maximum absolute atomic E-state index is 13.1. The second-order valence-electron chi connectivity index (χ2n) is 9.50. The van der Waals surface area contributed by atoms with Crippen LogP contribution in [-0.4, -0.2) is 53.9 Å². The molecule has 35 heavy (non-hydrogen) atoms. The predicted octanol–water partition coefficient (Wildman–Crippen LogP) is 3.66. The smallest absolute Gasteiger partial charge is 0.329 e. The van der Waals surface area contributed by atoms with E-state index in [1.165, 1.54) is 37.8 Å². The van der Waals surface area contributed by atoms with Gasteiger partial charge in [-0.3, -0.25) is 4.79 Å². The van der Waals surface area contributed by atoms with Crippen molar-refractivity contribution in [2.24, 2.45) is 11.8 Å². The van der Waals surface area contributed by atoms with E-state index in [1.54, 1.807) is 0 Å². The number of carbonyl (C=O) groups excluding carboxylic acids is 2. The van der Waals surface area contributed by atoms with E-state index in [1.807, 2.05) is 25.1 Å². The fourth-order valence-corrected chi connectivity index (χ4v) is 4.65. The van der Waals surface area contributed by atoms with Gasteiger partial charge in [-0.25, -0.2) is 9.78 Å². The third-order valence-corrected chi connectivity index (χ3v) is 6.77. The molecule has 2 heterocycles. The molecule has 1 aliphatic heterocycles. The number of nitrogens with zero attached hydrogens (tertiary/aromatic N) is 1. The summed E-state index contributed by atoms with van der Waals surface area (Å²) in [6.07, 6.45) is 5.85. The van der Waals surface area contributed by atoms with E-state index in [0.717, 1.165) is 12.8 Å². The lowest BCUT2D eigenvalue weighted by Gasteiger charge is -2.31. The Balaban J connectivity index is 1.49. The van der Waals surface area contributed by atoms with Gasteiger partial charge in [-0.2, -0.15) is 0 Å². The molecule has 8 nitrogen and oxygen atoms in total. The van der Waals surface area contributed by atoms with Crippen molar-refractivity contribution >= 4 is 11.9 Å². The monoisotopic (exact) mass is 482 g/mol. The van der Waals surface area contributed by atoms with Crippen LogP contribution < -0.4 is 10.1 Å². The average Bonchev–Trinajstić information content (AvgIpc) is 3.67. The molecule has 1 amide bonds. The highest BCUT2D eigenvalue weighted by Crippen LogP contribution is 2.33. The number of hydrogen-bond acceptors (Lipinski definition) is 7. The summed E-state index contributed by atoms with van der Waals surface area (Å²) in [7, 11) is 1.39. The Bertz CT molecular complexity index is 1010. The summed E-state index contributed by atoms with van der Waals surface area (Å²) in [4.78, 5) is 29.9. The van der Waals surface area contributed by atoms with E-state index in [2.05, 4.69) is 22.4 Å². The number of hydrogen-bond donors (Lipinski definition) is 2. The largest absolute Gasteiger partial charge is 0.503 e. The standard InChI is InChI=1S/C27H34N2O6/c1-17-25(34-16-19-11-12-19)20(15-18-7-4-3-5-8-18)9-6-10-21(27(32)35-17)29-26(31)23-24(30)22(33-2)13-14-28-23/h3-5,7-8,13-14,17,19-21,25,30H,6,9-12,15-16H2,1-2H3,(H,29,31)/t17-,20+,21-,25-/m0/s1. The fraction of sp³-hybridized carbons (Fsp3) is 0.519. The van der Waals surface area contributed by atoms with E-state index in [0.29, 0.717) is 25.4 Å². The highest BCUT2D eigenvalue weighted by atomic mass is 16.6. The SMILES string of the molecule is COc1ccnc(C(=O)N[C@H]2CCC[C@H](Cc3ccccc3)[C@@H](OCC3CC3)[C@H](C)OC2=O)c1O. The summed E-state index contributed by atoms with van der Waals surface area (Å²) in [6.45, 7) is 2.55. The molecule has 0 unspecified atom stereocenters. The minimum Gasteiger partial charge on any atom is -0.503 e. The van der Waals surface area contributed by atoms with Gasteiger partial charge in [0.25, 0.3) is 5.91 Å². The number of benzene rings is 1. The summed E-state index contributed by atoms with van der Waals surface area (Å²) in [5.41, 5.74) is 1.03. The van der Waals surface area contributed by atoms with Crippen LogP contribution in [-0.2, 0) is 20.7 Å². The lowest BCUT2D eigenvalue weighted by Crippen LogP contribution is -2.44. The molecule has 8 heteroatoms. The summed E-state index contributed by atoms with van der Waals surface area (Å²) < 4.78 is 17.2. The molecular weight excluding hydrogens is 448 g/mol. The number of methoxy groups -OCH3 is 1. The van der Waals surface area contributed by atoms with Gasteiger partial charge in [0.2, 0.25) is 0 Å². The van der Waals surface area contributed by atoms with E-state index in [4.69, 9.17) is 14.2 Å². The summed E-state index contributed by atoms with van der Waals surface area (Å²) in [6, 6.07) is 10.9. The van der Waals surface area contributed by atoms with Crippen LogP contribution in [0.5, 0.6) is 11.5 Å². The number of aromatic nitrogens is 1. The molecule has 4 atom stereocenters. The van der Waals surface area contributed by atoms with Gasteiger partial charge in [0.1, 0.15) is 12.1 Å². The second-order valence-corrected chi connectivity index (χ2v) is 9.50. The molecule has 0 radical (unpaired) electrons. The Morgan fingerprint density at radius 1 is 1.17 bits per heavy atom. The minimum atomic E-state index is -0.850. The molecular formula is C27H34N2O6. The van der Waals surface area contributed by atoms with Gasteiger partial charge in [-0.15, -0.1) is 0 Å². The number of aromatic hydroxyl groups is 1. The molecule has 1 aromatic heterocycles. The molecule has 2 N–H and O–H groups in total. The molecule has 188 valence electrons. The van der Waals surface area contributed by atoms with Crippen molar-refractivity contribution in [1.29, 1.82) is 0 Å². The zero-order chi connectivity index (χ0) is 24.8. The van der Waals surface area contributed by atoms with Crippen molar-refractivity contribution in [1.82, 2.24) is 10.3 Å². The van der Waals surface area contributed by atoms with E-state index in [-0.39, 0.29) is 29.2 Å². The molecule has 2 aliphatic rings. The Morgan fingerprint density at radius 2 is 1.94 bits per heavy atom. The van der Waals surface area contributed by atoms with Gasteiger partial charge >= 0.3 is 5.97 Å². The zero-order valence-electron chi connectivity index (χ0n) is 20.3. The molecule has 0 spiro atoms. The highest BCUT2D eigenvalue weighted by molar-refractivity contribution is 5.97. The van der Waals surface area contributed by atoms with E-state index >= 15 is 0 Å². The Hall–Kier alpha value is -3.13. The molecule has 2 fully saturated rings. The Kier molecular flexibility index (Phi) is 8.23. The molecule has 1 aliphatic carbocycles. The molecule has 1 saturated carbocycles. The van der Waals surface area contributed by atoms with Gasteiger partial charge in [-0.1, -0.05) is 36.8 Å². The molecule has 2 aromatic rings. The highest BCUT2D eigenvalue weighted by Gasteiger charge is 2.36. The number of nitrogens with one attached hydrogen (secondary N) is 1. The Labute approximate surface area is 206 Å². The fourth-order valence-electron chi connectivity index (χ4n) is 4.65. The quantitative estimate of drug-likeness (QED) is 0.553. The van der Waals surface area contributed by atoms with Crippen LogP contribution >= 0.6 is 0 Å². The first-order valence-corrected chi connectivity index (χ1v) is 12.3. The maximum Gasteiger partial charge on any atom is 0.329 e. The zero-order valence-corrected chi connectivity index (χ0v) is 20.3. The number of esters is 1. The number of amides is 1. The summed E-state index contributed by atoms with van der Waals surface area (Å²) in [5, 5.41) is 13.0. The summed E-state index contributed by atoms with van der Waals surface area (Å²) >= 11 is 0. The third-order valence-electron chi connectivity index (χ3n) is 6.77. The third kappa shape index (κ3) is 6.51. The van der Waals surface area contributed by atoms with Gasteiger partial charge in [0.15, 0.2) is 17.2 Å². The van der Waals surface area contributed by atoms with Crippen LogP contribution in [0.4, 0.5) is 0 Å². The van der Waals surface area contributed by atoms with Crippen molar-refractivity contribution in [2.75, 3.05) is 13.7 Å². The van der Waals surface area contributed by atoms with Crippen molar-refractivity contribution in [2.45, 2.75) is 63.7 Å². The molecule has 4 rings (SSSR count). The van der Waals surface area contributed by atoms with Crippen molar-refractivity contribution in [3.05, 3.63) is 53.9 Å². The topological polar surface area (TPSA) is 107 Å². The van der Waals surface area contributed by atoms with Crippen LogP contribution in [0.2, 0.25) is 0 Å². The number of ether oxygens (including phenoxy) is 3. The van der Waals surface area contributed by atoms with E-state index < -0.39 is 24.0 Å². The number of pyridine rings is 1.